The van der Waals surface area contributed by atoms with E-state index in [-0.39, 0.29) is 17.0 Å². The van der Waals surface area contributed by atoms with Crippen LogP contribution in [0, 0.1) is 12.7 Å². The monoisotopic (exact) mass is 436 g/mol. The number of hydrogen-bond acceptors (Lipinski definition) is 4. The number of benzene rings is 3. The Bertz CT molecular complexity index is 1200. The molecule has 0 aromatic heterocycles. The lowest BCUT2D eigenvalue weighted by Gasteiger charge is -2.15. The minimum absolute atomic E-state index is 0.116. The highest BCUT2D eigenvalue weighted by Gasteiger charge is 2.40. The number of aryl methyl sites for hydroxylation is 1. The predicted molar refractivity (Wildman–Crippen MR) is 119 cm³/mol. The summed E-state index contributed by atoms with van der Waals surface area (Å²) in [5, 5.41) is 3.59. The van der Waals surface area contributed by atoms with Crippen molar-refractivity contribution in [3.63, 3.8) is 0 Å². The number of methoxy groups -OCH3 is 1. The fourth-order valence-corrected chi connectivity index (χ4v) is 3.53. The molecule has 1 heterocycles. The van der Waals surface area contributed by atoms with Crippen molar-refractivity contribution >= 4 is 40.4 Å². The molecule has 0 radical (unpaired) electrons. The molecular formula is C24H18ClFN2O3. The zero-order chi connectivity index (χ0) is 22.1. The number of halogens is 2. The summed E-state index contributed by atoms with van der Waals surface area (Å²) in [6.45, 7) is 1.87. The maximum absolute atomic E-state index is 13.4. The molecule has 1 aliphatic rings. The Hall–Kier alpha value is -3.64. The summed E-state index contributed by atoms with van der Waals surface area (Å²) in [5.41, 5.74) is 2.61. The van der Waals surface area contributed by atoms with Crippen LogP contribution in [0.3, 0.4) is 0 Å². The van der Waals surface area contributed by atoms with E-state index in [4.69, 9.17) is 16.3 Å². The first-order chi connectivity index (χ1) is 14.9. The second-order valence-corrected chi connectivity index (χ2v) is 7.42. The number of carbonyl (C=O) groups excluding carboxylic acids is 2. The molecule has 156 valence electrons. The van der Waals surface area contributed by atoms with Crippen LogP contribution >= 0.6 is 11.6 Å². The maximum atomic E-state index is 13.4. The normalized spacial score (nSPS) is 13.7. The first kappa shape index (κ1) is 20.6. The average Bonchev–Trinajstić information content (AvgIpc) is 3.01. The van der Waals surface area contributed by atoms with E-state index in [1.165, 1.54) is 24.3 Å². The predicted octanol–water partition coefficient (Wildman–Crippen LogP) is 5.19. The zero-order valence-electron chi connectivity index (χ0n) is 16.8. The third-order valence-corrected chi connectivity index (χ3v) is 5.24. The van der Waals surface area contributed by atoms with Crippen LogP contribution in [-0.4, -0.2) is 18.9 Å². The number of nitrogens with one attached hydrogen (secondary N) is 1. The third kappa shape index (κ3) is 3.90. The molecule has 0 saturated carbocycles. The van der Waals surface area contributed by atoms with Crippen LogP contribution in [0.25, 0.3) is 5.57 Å². The van der Waals surface area contributed by atoms with Gasteiger partial charge in [-0.1, -0.05) is 29.8 Å². The summed E-state index contributed by atoms with van der Waals surface area (Å²) in [5.74, 6) is -0.887. The molecule has 0 spiro atoms. The van der Waals surface area contributed by atoms with Crippen LogP contribution in [0.1, 0.15) is 11.1 Å². The minimum atomic E-state index is -0.540. The largest absolute Gasteiger partial charge is 0.497 e. The number of carbonyl (C=O) groups is 2. The molecular weight excluding hydrogens is 419 g/mol. The smallest absolute Gasteiger partial charge is 0.282 e. The van der Waals surface area contributed by atoms with Gasteiger partial charge in [0.25, 0.3) is 11.8 Å². The Morgan fingerprint density at radius 2 is 1.61 bits per heavy atom. The average molecular weight is 437 g/mol. The summed E-state index contributed by atoms with van der Waals surface area (Å²) >= 11 is 6.13. The summed E-state index contributed by atoms with van der Waals surface area (Å²) in [6, 6.07) is 17.3. The number of rotatable bonds is 5. The first-order valence-corrected chi connectivity index (χ1v) is 9.83. The van der Waals surface area contributed by atoms with E-state index in [0.29, 0.717) is 22.0 Å². The number of imide groups is 1. The number of amides is 2. The van der Waals surface area contributed by atoms with Crippen molar-refractivity contribution in [1.82, 2.24) is 0 Å². The molecule has 0 atom stereocenters. The topological polar surface area (TPSA) is 58.6 Å². The van der Waals surface area contributed by atoms with Gasteiger partial charge in [-0.15, -0.1) is 0 Å². The van der Waals surface area contributed by atoms with Gasteiger partial charge in [-0.3, -0.25) is 9.59 Å². The molecule has 0 aliphatic carbocycles. The van der Waals surface area contributed by atoms with Gasteiger partial charge in [0.05, 0.1) is 18.4 Å². The van der Waals surface area contributed by atoms with E-state index in [0.717, 1.165) is 10.5 Å². The van der Waals surface area contributed by atoms with Crippen LogP contribution in [0.4, 0.5) is 15.8 Å². The molecule has 3 aromatic carbocycles. The van der Waals surface area contributed by atoms with Gasteiger partial charge in [-0.25, -0.2) is 9.29 Å². The van der Waals surface area contributed by atoms with Crippen molar-refractivity contribution in [3.05, 3.63) is 94.4 Å². The molecule has 2 amide bonds. The van der Waals surface area contributed by atoms with Crippen molar-refractivity contribution in [3.8, 4) is 5.75 Å². The van der Waals surface area contributed by atoms with Crippen LogP contribution in [0.2, 0.25) is 5.02 Å². The zero-order valence-corrected chi connectivity index (χ0v) is 17.5. The van der Waals surface area contributed by atoms with E-state index in [2.05, 4.69) is 5.32 Å². The van der Waals surface area contributed by atoms with Gasteiger partial charge in [-0.05, 0) is 66.6 Å². The SMILES string of the molecule is COc1ccc(C2=C(Nc3cc(Cl)ccc3C)C(=O)N(c3ccc(F)cc3)C2=O)cc1. The molecule has 0 unspecified atom stereocenters. The van der Waals surface area contributed by atoms with Crippen LogP contribution in [-0.2, 0) is 9.59 Å². The van der Waals surface area contributed by atoms with Gasteiger partial charge in [0, 0.05) is 10.7 Å². The van der Waals surface area contributed by atoms with E-state index < -0.39 is 17.6 Å². The molecule has 31 heavy (non-hydrogen) atoms. The Balaban J connectivity index is 1.83. The molecule has 3 aromatic rings. The van der Waals surface area contributed by atoms with E-state index in [1.54, 1.807) is 43.5 Å². The molecule has 1 N–H and O–H groups in total. The standard InChI is InChI=1S/C24H18ClFN2O3/c1-14-3-6-16(25)13-20(14)27-22-21(15-4-11-19(31-2)12-5-15)23(29)28(24(22)30)18-9-7-17(26)8-10-18/h3-13,27H,1-2H3. The molecule has 4 rings (SSSR count). The second-order valence-electron chi connectivity index (χ2n) is 6.98. The number of ether oxygens (including phenoxy) is 1. The molecule has 5 nitrogen and oxygen atoms in total. The van der Waals surface area contributed by atoms with Crippen LogP contribution < -0.4 is 15.0 Å². The fourth-order valence-electron chi connectivity index (χ4n) is 3.36. The quantitative estimate of drug-likeness (QED) is 0.559. The summed E-state index contributed by atoms with van der Waals surface area (Å²) in [7, 11) is 1.55. The van der Waals surface area contributed by atoms with Gasteiger partial charge in [-0.2, -0.15) is 0 Å². The van der Waals surface area contributed by atoms with Gasteiger partial charge in [0.1, 0.15) is 17.3 Å². The van der Waals surface area contributed by atoms with Crippen molar-refractivity contribution in [2.24, 2.45) is 0 Å². The Labute approximate surface area is 183 Å². The number of nitrogens with zero attached hydrogens (tertiary/aromatic N) is 1. The molecule has 7 heteroatoms. The summed E-state index contributed by atoms with van der Waals surface area (Å²) in [4.78, 5) is 27.7. The highest BCUT2D eigenvalue weighted by Crippen LogP contribution is 2.35. The van der Waals surface area contributed by atoms with E-state index >= 15 is 0 Å². The third-order valence-electron chi connectivity index (χ3n) is 5.01. The first-order valence-electron chi connectivity index (χ1n) is 9.45. The van der Waals surface area contributed by atoms with Crippen LogP contribution in [0.5, 0.6) is 5.75 Å². The number of hydrogen-bond donors (Lipinski definition) is 1. The summed E-state index contributed by atoms with van der Waals surface area (Å²) in [6.07, 6.45) is 0. The second kappa shape index (κ2) is 8.24. The fraction of sp³-hybridized carbons (Fsp3) is 0.0833. The van der Waals surface area contributed by atoms with Crippen molar-refractivity contribution in [1.29, 1.82) is 0 Å². The highest BCUT2D eigenvalue weighted by molar-refractivity contribution is 6.46. The van der Waals surface area contributed by atoms with Crippen molar-refractivity contribution < 1.29 is 18.7 Å². The molecule has 0 bridgehead atoms. The van der Waals surface area contributed by atoms with Gasteiger partial charge in [0.15, 0.2) is 0 Å². The Morgan fingerprint density at radius 1 is 0.935 bits per heavy atom. The van der Waals surface area contributed by atoms with Crippen molar-refractivity contribution in [2.75, 3.05) is 17.3 Å². The molecule has 1 aliphatic heterocycles. The Morgan fingerprint density at radius 3 is 2.26 bits per heavy atom. The molecule has 0 fully saturated rings. The number of anilines is 2. The van der Waals surface area contributed by atoms with E-state index in [9.17, 15) is 14.0 Å². The summed E-state index contributed by atoms with van der Waals surface area (Å²) < 4.78 is 18.6. The lowest BCUT2D eigenvalue weighted by atomic mass is 10.0. The lowest BCUT2D eigenvalue weighted by Crippen LogP contribution is -2.32. The van der Waals surface area contributed by atoms with Crippen LogP contribution in [0.15, 0.2) is 72.4 Å². The minimum Gasteiger partial charge on any atom is -0.497 e. The molecule has 0 saturated heterocycles. The highest BCUT2D eigenvalue weighted by atomic mass is 35.5. The van der Waals surface area contributed by atoms with Gasteiger partial charge >= 0.3 is 0 Å². The lowest BCUT2D eigenvalue weighted by molar-refractivity contribution is -0.120. The van der Waals surface area contributed by atoms with Gasteiger partial charge < -0.3 is 10.1 Å². The maximum Gasteiger partial charge on any atom is 0.282 e. The van der Waals surface area contributed by atoms with Crippen molar-refractivity contribution in [2.45, 2.75) is 6.92 Å². The Kier molecular flexibility index (Phi) is 5.48. The van der Waals surface area contributed by atoms with Gasteiger partial charge in [0.2, 0.25) is 0 Å². The van der Waals surface area contributed by atoms with E-state index in [1.807, 2.05) is 13.0 Å².